The smallest absolute Gasteiger partial charge is 0.138 e. The molecule has 0 aliphatic heterocycles. The fourth-order valence-corrected chi connectivity index (χ4v) is 2.11. The topological polar surface area (TPSA) is 63.8 Å². The van der Waals surface area contributed by atoms with E-state index in [-0.39, 0.29) is 11.0 Å². The first-order valence-corrected chi connectivity index (χ1v) is 6.64. The van der Waals surface area contributed by atoms with Gasteiger partial charge in [-0.1, -0.05) is 20.8 Å². The maximum atomic E-state index is 6.01. The molecule has 1 aromatic heterocycles. The lowest BCUT2D eigenvalue weighted by Crippen LogP contribution is -2.42. The van der Waals surface area contributed by atoms with Crippen molar-refractivity contribution in [1.29, 1.82) is 0 Å². The van der Waals surface area contributed by atoms with Crippen LogP contribution in [0.15, 0.2) is 0 Å². The van der Waals surface area contributed by atoms with E-state index in [1.54, 1.807) is 0 Å². The molecule has 18 heavy (non-hydrogen) atoms. The maximum absolute atomic E-state index is 6.01. The van der Waals surface area contributed by atoms with E-state index in [0.29, 0.717) is 5.82 Å². The molecule has 1 saturated carbocycles. The molecule has 0 radical (unpaired) electrons. The molecule has 4 heteroatoms. The first-order valence-electron chi connectivity index (χ1n) is 6.64. The summed E-state index contributed by atoms with van der Waals surface area (Å²) in [4.78, 5) is 9.07. The molecule has 1 aliphatic rings. The van der Waals surface area contributed by atoms with E-state index < -0.39 is 0 Å². The second kappa shape index (κ2) is 4.11. The molecule has 0 aromatic carbocycles. The molecule has 0 saturated heterocycles. The van der Waals surface area contributed by atoms with Crippen LogP contribution in [0.5, 0.6) is 0 Å². The molecule has 1 aliphatic carbocycles. The van der Waals surface area contributed by atoms with Crippen molar-refractivity contribution in [2.24, 2.45) is 0 Å². The van der Waals surface area contributed by atoms with Crippen molar-refractivity contribution in [2.45, 2.75) is 64.8 Å². The van der Waals surface area contributed by atoms with Crippen molar-refractivity contribution >= 4 is 11.6 Å². The summed E-state index contributed by atoms with van der Waals surface area (Å²) in [6, 6.07) is 0. The predicted octanol–water partition coefficient (Wildman–Crippen LogP) is 3.02. The highest BCUT2D eigenvalue weighted by atomic mass is 15.1. The van der Waals surface area contributed by atoms with E-state index in [0.717, 1.165) is 17.2 Å². The molecule has 0 unspecified atom stereocenters. The van der Waals surface area contributed by atoms with Gasteiger partial charge in [0.05, 0.1) is 0 Å². The van der Waals surface area contributed by atoms with Crippen LogP contribution in [0, 0.1) is 6.92 Å². The highest BCUT2D eigenvalue weighted by Gasteiger charge is 2.33. The molecular weight excluding hydrogens is 224 g/mol. The van der Waals surface area contributed by atoms with Crippen LogP contribution in [0.2, 0.25) is 0 Å². The molecule has 0 spiro atoms. The van der Waals surface area contributed by atoms with Gasteiger partial charge in [0.25, 0.3) is 0 Å². The van der Waals surface area contributed by atoms with Crippen molar-refractivity contribution in [3.05, 3.63) is 11.4 Å². The Morgan fingerprint density at radius 2 is 1.83 bits per heavy atom. The van der Waals surface area contributed by atoms with Crippen LogP contribution in [0.4, 0.5) is 11.6 Å². The number of hydrogen-bond acceptors (Lipinski definition) is 4. The Hall–Kier alpha value is -1.32. The fourth-order valence-electron chi connectivity index (χ4n) is 2.11. The second-order valence-corrected chi connectivity index (χ2v) is 6.70. The summed E-state index contributed by atoms with van der Waals surface area (Å²) in [5, 5.41) is 3.55. The third-order valence-corrected chi connectivity index (χ3v) is 3.73. The highest BCUT2D eigenvalue weighted by Crippen LogP contribution is 2.36. The minimum atomic E-state index is -0.0846. The van der Waals surface area contributed by atoms with E-state index >= 15 is 0 Å². The second-order valence-electron chi connectivity index (χ2n) is 6.70. The Bertz CT molecular complexity index is 456. The van der Waals surface area contributed by atoms with Crippen LogP contribution in [0.1, 0.15) is 58.3 Å². The number of anilines is 2. The lowest BCUT2D eigenvalue weighted by molar-refractivity contribution is 0.305. The summed E-state index contributed by atoms with van der Waals surface area (Å²) in [5.41, 5.74) is 7.06. The van der Waals surface area contributed by atoms with Gasteiger partial charge in [-0.05, 0) is 33.1 Å². The van der Waals surface area contributed by atoms with E-state index in [1.807, 2.05) is 6.92 Å². The molecule has 3 N–H and O–H groups in total. The number of nitrogens with zero attached hydrogens (tertiary/aromatic N) is 2. The average Bonchev–Trinajstić information content (AvgIpc) is 2.20. The minimum absolute atomic E-state index is 0.0846. The zero-order chi connectivity index (χ0) is 13.6. The molecule has 2 rings (SSSR count). The highest BCUT2D eigenvalue weighted by molar-refractivity contribution is 5.56. The molecule has 4 nitrogen and oxygen atoms in total. The monoisotopic (exact) mass is 248 g/mol. The van der Waals surface area contributed by atoms with Crippen molar-refractivity contribution in [1.82, 2.24) is 9.97 Å². The van der Waals surface area contributed by atoms with Gasteiger partial charge in [-0.2, -0.15) is 0 Å². The van der Waals surface area contributed by atoms with Crippen molar-refractivity contribution in [2.75, 3.05) is 11.1 Å². The quantitative estimate of drug-likeness (QED) is 0.844. The SMILES string of the molecule is Cc1c(N)nc(C(C)(C)C)nc1NC1(C)CCC1. The first kappa shape index (κ1) is 13.1. The van der Waals surface area contributed by atoms with Crippen LogP contribution >= 0.6 is 0 Å². The number of nitrogens with two attached hydrogens (primary N) is 1. The van der Waals surface area contributed by atoms with E-state index in [9.17, 15) is 0 Å². The van der Waals surface area contributed by atoms with Gasteiger partial charge in [-0.15, -0.1) is 0 Å². The molecule has 0 bridgehead atoms. The molecule has 100 valence electrons. The van der Waals surface area contributed by atoms with E-state index in [4.69, 9.17) is 5.73 Å². The van der Waals surface area contributed by atoms with Gasteiger partial charge in [0, 0.05) is 16.5 Å². The van der Waals surface area contributed by atoms with Gasteiger partial charge in [0.15, 0.2) is 0 Å². The molecule has 0 amide bonds. The van der Waals surface area contributed by atoms with Gasteiger partial charge in [-0.25, -0.2) is 9.97 Å². The molecule has 0 atom stereocenters. The van der Waals surface area contributed by atoms with Gasteiger partial charge < -0.3 is 11.1 Å². The molecular formula is C14H24N4. The summed E-state index contributed by atoms with van der Waals surface area (Å²) in [7, 11) is 0. The Balaban J connectivity index is 2.36. The number of nitrogen functional groups attached to an aromatic ring is 1. The predicted molar refractivity (Wildman–Crippen MR) is 75.8 cm³/mol. The normalized spacial score (nSPS) is 18.3. The number of hydrogen-bond donors (Lipinski definition) is 2. The summed E-state index contributed by atoms with van der Waals surface area (Å²) < 4.78 is 0. The third kappa shape index (κ3) is 2.42. The minimum Gasteiger partial charge on any atom is -0.383 e. The lowest BCUT2D eigenvalue weighted by atomic mass is 9.78. The van der Waals surface area contributed by atoms with Crippen molar-refractivity contribution < 1.29 is 0 Å². The van der Waals surface area contributed by atoms with Crippen LogP contribution in [0.3, 0.4) is 0 Å². The van der Waals surface area contributed by atoms with Crippen LogP contribution < -0.4 is 11.1 Å². The summed E-state index contributed by atoms with van der Waals surface area (Å²) in [5.74, 6) is 2.28. The van der Waals surface area contributed by atoms with Crippen LogP contribution in [-0.2, 0) is 5.41 Å². The Labute approximate surface area is 109 Å². The molecule has 1 fully saturated rings. The van der Waals surface area contributed by atoms with Gasteiger partial charge >= 0.3 is 0 Å². The molecule has 1 aromatic rings. The zero-order valence-corrected chi connectivity index (χ0v) is 12.1. The summed E-state index contributed by atoms with van der Waals surface area (Å²) >= 11 is 0. The summed E-state index contributed by atoms with van der Waals surface area (Å²) in [6.07, 6.45) is 3.68. The Morgan fingerprint density at radius 3 is 2.28 bits per heavy atom. The first-order chi connectivity index (χ1) is 8.21. The van der Waals surface area contributed by atoms with Gasteiger partial charge in [0.2, 0.25) is 0 Å². The maximum Gasteiger partial charge on any atom is 0.138 e. The van der Waals surface area contributed by atoms with Crippen LogP contribution in [-0.4, -0.2) is 15.5 Å². The summed E-state index contributed by atoms with van der Waals surface area (Å²) in [6.45, 7) is 10.5. The van der Waals surface area contributed by atoms with Crippen molar-refractivity contribution in [3.8, 4) is 0 Å². The van der Waals surface area contributed by atoms with E-state index in [2.05, 4.69) is 43.0 Å². The van der Waals surface area contributed by atoms with Gasteiger partial charge in [-0.3, -0.25) is 0 Å². The Morgan fingerprint density at radius 1 is 1.22 bits per heavy atom. The fraction of sp³-hybridized carbons (Fsp3) is 0.714. The van der Waals surface area contributed by atoms with Crippen LogP contribution in [0.25, 0.3) is 0 Å². The average molecular weight is 248 g/mol. The standard InChI is InChI=1S/C14H24N4/c1-9-10(15)16-12(13(2,3)4)17-11(9)18-14(5)7-6-8-14/h6-8H2,1-5H3,(H3,15,16,17,18). The number of nitrogens with one attached hydrogen (secondary N) is 1. The van der Waals surface area contributed by atoms with Crippen molar-refractivity contribution in [3.63, 3.8) is 0 Å². The van der Waals surface area contributed by atoms with Gasteiger partial charge in [0.1, 0.15) is 17.5 Å². The number of aromatic nitrogens is 2. The van der Waals surface area contributed by atoms with E-state index in [1.165, 1.54) is 19.3 Å². The Kier molecular flexibility index (Phi) is 2.99. The third-order valence-electron chi connectivity index (χ3n) is 3.73. The largest absolute Gasteiger partial charge is 0.383 e. The molecule has 1 heterocycles. The lowest BCUT2D eigenvalue weighted by Gasteiger charge is -2.40. The number of rotatable bonds is 2. The zero-order valence-electron chi connectivity index (χ0n) is 12.1.